The van der Waals surface area contributed by atoms with Crippen molar-refractivity contribution >= 4 is 17.5 Å². The first-order valence-corrected chi connectivity index (χ1v) is 7.90. The van der Waals surface area contributed by atoms with E-state index >= 15 is 0 Å². The molecule has 2 aromatic carbocycles. The minimum absolute atomic E-state index is 0.174. The second-order valence-electron chi connectivity index (χ2n) is 5.61. The van der Waals surface area contributed by atoms with E-state index in [9.17, 15) is 9.59 Å². The van der Waals surface area contributed by atoms with Crippen molar-refractivity contribution < 1.29 is 9.59 Å². The van der Waals surface area contributed by atoms with Crippen LogP contribution in [0.3, 0.4) is 0 Å². The van der Waals surface area contributed by atoms with E-state index in [1.165, 1.54) is 6.20 Å². The Morgan fingerprint density at radius 1 is 1.00 bits per heavy atom. The van der Waals surface area contributed by atoms with E-state index in [2.05, 4.69) is 20.8 Å². The Balaban J connectivity index is 1.68. The predicted octanol–water partition coefficient (Wildman–Crippen LogP) is 3.15. The van der Waals surface area contributed by atoms with E-state index in [1.807, 2.05) is 49.4 Å². The molecule has 0 fully saturated rings. The summed E-state index contributed by atoms with van der Waals surface area (Å²) >= 11 is 0. The molecule has 2 amide bonds. The Bertz CT molecular complexity index is 860. The van der Waals surface area contributed by atoms with Crippen LogP contribution in [0.4, 0.5) is 5.69 Å². The second kappa shape index (κ2) is 7.44. The molecule has 0 bridgehead atoms. The number of aromatic amines is 1. The number of hydrogen-bond acceptors (Lipinski definition) is 3. The summed E-state index contributed by atoms with van der Waals surface area (Å²) in [6.07, 6.45) is 1.53. The maximum absolute atomic E-state index is 12.2. The predicted molar refractivity (Wildman–Crippen MR) is 95.3 cm³/mol. The van der Waals surface area contributed by atoms with Gasteiger partial charge in [0, 0.05) is 17.4 Å². The first-order valence-electron chi connectivity index (χ1n) is 7.90. The molecular weight excluding hydrogens is 316 g/mol. The van der Waals surface area contributed by atoms with Crippen LogP contribution in [0.2, 0.25) is 0 Å². The zero-order chi connectivity index (χ0) is 17.6. The summed E-state index contributed by atoms with van der Waals surface area (Å²) in [5.41, 5.74) is 2.56. The van der Waals surface area contributed by atoms with Crippen LogP contribution in [0.25, 0.3) is 0 Å². The van der Waals surface area contributed by atoms with Gasteiger partial charge in [-0.2, -0.15) is 5.10 Å². The first kappa shape index (κ1) is 16.4. The van der Waals surface area contributed by atoms with Crippen molar-refractivity contribution in [3.63, 3.8) is 0 Å². The average molecular weight is 334 g/mol. The third kappa shape index (κ3) is 4.11. The number of amides is 2. The molecule has 0 aliphatic heterocycles. The van der Waals surface area contributed by atoms with Crippen molar-refractivity contribution in [1.82, 2.24) is 15.5 Å². The number of benzene rings is 2. The number of anilines is 1. The summed E-state index contributed by atoms with van der Waals surface area (Å²) in [5, 5.41) is 12.2. The van der Waals surface area contributed by atoms with Crippen molar-refractivity contribution in [3.8, 4) is 0 Å². The van der Waals surface area contributed by atoms with Gasteiger partial charge in [0.05, 0.1) is 6.04 Å². The fourth-order valence-electron chi connectivity index (χ4n) is 2.42. The summed E-state index contributed by atoms with van der Waals surface area (Å²) < 4.78 is 0. The number of hydrogen-bond donors (Lipinski definition) is 3. The highest BCUT2D eigenvalue weighted by molar-refractivity contribution is 6.04. The molecule has 1 unspecified atom stereocenters. The number of H-pyrrole nitrogens is 1. The molecule has 3 aromatic rings. The summed E-state index contributed by atoms with van der Waals surface area (Å²) in [6.45, 7) is 1.88. The molecule has 0 radical (unpaired) electrons. The number of aromatic nitrogens is 2. The monoisotopic (exact) mass is 334 g/mol. The first-order chi connectivity index (χ1) is 12.1. The molecule has 1 heterocycles. The zero-order valence-electron chi connectivity index (χ0n) is 13.7. The van der Waals surface area contributed by atoms with Crippen LogP contribution in [-0.2, 0) is 0 Å². The van der Waals surface area contributed by atoms with Crippen LogP contribution in [0.1, 0.15) is 39.4 Å². The summed E-state index contributed by atoms with van der Waals surface area (Å²) in [6, 6.07) is 17.8. The summed E-state index contributed by atoms with van der Waals surface area (Å²) in [5.74, 6) is -0.407. The molecule has 6 nitrogen and oxygen atoms in total. The molecule has 0 aliphatic carbocycles. The normalized spacial score (nSPS) is 11.6. The minimum atomic E-state index is -0.233. The van der Waals surface area contributed by atoms with Gasteiger partial charge in [-0.15, -0.1) is 0 Å². The maximum Gasteiger partial charge on any atom is 0.269 e. The second-order valence-corrected chi connectivity index (χ2v) is 5.61. The van der Waals surface area contributed by atoms with Crippen LogP contribution in [0, 0.1) is 0 Å². The van der Waals surface area contributed by atoms with Crippen molar-refractivity contribution in [1.29, 1.82) is 0 Å². The Hall–Kier alpha value is -3.41. The standard InChI is InChI=1S/C19H18N4O2/c1-13(21-19(25)17-10-11-20-23-17)15-8-5-9-16(12-15)22-18(24)14-6-3-2-4-7-14/h2-13H,1H3,(H,20,23)(H,21,25)(H,22,24). The van der Waals surface area contributed by atoms with Gasteiger partial charge in [-0.25, -0.2) is 0 Å². The SMILES string of the molecule is CC(NC(=O)c1ccn[nH]1)c1cccc(NC(=O)c2ccccc2)c1. The van der Waals surface area contributed by atoms with Gasteiger partial charge in [0.15, 0.2) is 0 Å². The Morgan fingerprint density at radius 3 is 2.52 bits per heavy atom. The third-order valence-electron chi connectivity index (χ3n) is 3.77. The molecule has 0 saturated carbocycles. The van der Waals surface area contributed by atoms with Crippen molar-refractivity contribution in [2.45, 2.75) is 13.0 Å². The highest BCUT2D eigenvalue weighted by atomic mass is 16.2. The number of carbonyl (C=O) groups excluding carboxylic acids is 2. The number of rotatable bonds is 5. The average Bonchev–Trinajstić information content (AvgIpc) is 3.17. The molecule has 6 heteroatoms. The van der Waals surface area contributed by atoms with Gasteiger partial charge in [0.2, 0.25) is 0 Å². The van der Waals surface area contributed by atoms with Crippen molar-refractivity contribution in [3.05, 3.63) is 83.7 Å². The highest BCUT2D eigenvalue weighted by Crippen LogP contribution is 2.18. The Labute approximate surface area is 145 Å². The third-order valence-corrected chi connectivity index (χ3v) is 3.77. The largest absolute Gasteiger partial charge is 0.344 e. The number of carbonyl (C=O) groups is 2. The smallest absolute Gasteiger partial charge is 0.269 e. The lowest BCUT2D eigenvalue weighted by atomic mass is 10.1. The molecule has 1 atom stereocenters. The van der Waals surface area contributed by atoms with Crippen LogP contribution < -0.4 is 10.6 Å². The molecule has 3 rings (SSSR count). The topological polar surface area (TPSA) is 86.9 Å². The van der Waals surface area contributed by atoms with Gasteiger partial charge in [0.25, 0.3) is 11.8 Å². The van der Waals surface area contributed by atoms with Crippen LogP contribution in [0.15, 0.2) is 66.9 Å². The fourth-order valence-corrected chi connectivity index (χ4v) is 2.42. The fraction of sp³-hybridized carbons (Fsp3) is 0.105. The maximum atomic E-state index is 12.2. The molecule has 0 spiro atoms. The Kier molecular flexibility index (Phi) is 4.89. The lowest BCUT2D eigenvalue weighted by Crippen LogP contribution is -2.27. The van der Waals surface area contributed by atoms with Crippen molar-refractivity contribution in [2.75, 3.05) is 5.32 Å². The minimum Gasteiger partial charge on any atom is -0.344 e. The molecule has 1 aromatic heterocycles. The number of nitrogens with zero attached hydrogens (tertiary/aromatic N) is 1. The molecular formula is C19H18N4O2. The number of nitrogens with one attached hydrogen (secondary N) is 3. The molecule has 126 valence electrons. The van der Waals surface area contributed by atoms with Crippen LogP contribution >= 0.6 is 0 Å². The highest BCUT2D eigenvalue weighted by Gasteiger charge is 2.13. The molecule has 0 aliphatic rings. The lowest BCUT2D eigenvalue weighted by molar-refractivity contribution is 0.0934. The quantitative estimate of drug-likeness (QED) is 0.670. The summed E-state index contributed by atoms with van der Waals surface area (Å²) in [7, 11) is 0. The van der Waals surface area contributed by atoms with Gasteiger partial charge in [0.1, 0.15) is 5.69 Å². The van der Waals surface area contributed by atoms with Gasteiger partial charge in [-0.1, -0.05) is 30.3 Å². The van der Waals surface area contributed by atoms with E-state index < -0.39 is 0 Å². The van der Waals surface area contributed by atoms with Gasteiger partial charge in [-0.3, -0.25) is 14.7 Å². The lowest BCUT2D eigenvalue weighted by Gasteiger charge is -2.15. The van der Waals surface area contributed by atoms with E-state index in [-0.39, 0.29) is 17.9 Å². The molecule has 0 saturated heterocycles. The van der Waals surface area contributed by atoms with Gasteiger partial charge >= 0.3 is 0 Å². The van der Waals surface area contributed by atoms with E-state index in [0.717, 1.165) is 5.56 Å². The van der Waals surface area contributed by atoms with Crippen LogP contribution in [-0.4, -0.2) is 22.0 Å². The van der Waals surface area contributed by atoms with E-state index in [1.54, 1.807) is 18.2 Å². The molecule has 25 heavy (non-hydrogen) atoms. The van der Waals surface area contributed by atoms with Crippen molar-refractivity contribution in [2.24, 2.45) is 0 Å². The zero-order valence-corrected chi connectivity index (χ0v) is 13.7. The molecule has 3 N–H and O–H groups in total. The van der Waals surface area contributed by atoms with E-state index in [0.29, 0.717) is 16.9 Å². The van der Waals surface area contributed by atoms with Crippen LogP contribution in [0.5, 0.6) is 0 Å². The Morgan fingerprint density at radius 2 is 1.80 bits per heavy atom. The van der Waals surface area contributed by atoms with E-state index in [4.69, 9.17) is 0 Å². The van der Waals surface area contributed by atoms with Gasteiger partial charge in [-0.05, 0) is 42.8 Å². The van der Waals surface area contributed by atoms with Gasteiger partial charge < -0.3 is 10.6 Å². The summed E-state index contributed by atoms with van der Waals surface area (Å²) in [4.78, 5) is 24.3.